The Morgan fingerprint density at radius 1 is 1.40 bits per heavy atom. The zero-order chi connectivity index (χ0) is 22.3. The average Bonchev–Trinajstić information content (AvgIpc) is 2.97. The smallest absolute Gasteiger partial charge is 0.349 e. The number of pyridine rings is 1. The number of nitrogens with zero attached hydrogens (tertiary/aromatic N) is 3. The molecule has 0 aliphatic rings. The number of ether oxygens (including phenoxy) is 1. The molecule has 0 saturated heterocycles. The van der Waals surface area contributed by atoms with Crippen molar-refractivity contribution < 1.29 is 14.3 Å². The zero-order valence-electron chi connectivity index (χ0n) is 17.5. The van der Waals surface area contributed by atoms with Crippen molar-refractivity contribution >= 4 is 35.2 Å². The molecule has 158 valence electrons. The van der Waals surface area contributed by atoms with E-state index in [-0.39, 0.29) is 10.7 Å². The first kappa shape index (κ1) is 23.2. The van der Waals surface area contributed by atoms with Crippen molar-refractivity contribution in [3.63, 3.8) is 0 Å². The van der Waals surface area contributed by atoms with Crippen LogP contribution in [0.2, 0.25) is 5.15 Å². The summed E-state index contributed by atoms with van der Waals surface area (Å²) in [6.45, 7) is 8.59. The van der Waals surface area contributed by atoms with Crippen molar-refractivity contribution in [2.75, 3.05) is 11.9 Å². The predicted molar refractivity (Wildman–Crippen MR) is 116 cm³/mol. The fourth-order valence-electron chi connectivity index (χ4n) is 2.87. The molecule has 0 saturated carbocycles. The number of nitriles is 1. The second kappa shape index (κ2) is 10.6. The van der Waals surface area contributed by atoms with Crippen LogP contribution in [0.4, 0.5) is 5.69 Å². The molecule has 0 unspecified atom stereocenters. The van der Waals surface area contributed by atoms with Crippen LogP contribution in [0.3, 0.4) is 0 Å². The molecule has 2 aromatic rings. The molecular weight excluding hydrogens is 404 g/mol. The summed E-state index contributed by atoms with van der Waals surface area (Å²) in [6, 6.07) is 6.97. The summed E-state index contributed by atoms with van der Waals surface area (Å²) < 4.78 is 7.15. The minimum atomic E-state index is -0.864. The highest BCUT2D eigenvalue weighted by molar-refractivity contribution is 6.32. The molecule has 2 rings (SSSR count). The molecular formula is C22H25ClN4O3. The van der Waals surface area contributed by atoms with Gasteiger partial charge >= 0.3 is 5.97 Å². The van der Waals surface area contributed by atoms with Crippen molar-refractivity contribution in [2.24, 2.45) is 5.92 Å². The highest BCUT2D eigenvalue weighted by Crippen LogP contribution is 2.20. The van der Waals surface area contributed by atoms with Crippen molar-refractivity contribution in [2.45, 2.75) is 40.7 Å². The molecule has 0 bridgehead atoms. The lowest BCUT2D eigenvalue weighted by Gasteiger charge is -2.11. The van der Waals surface area contributed by atoms with Crippen LogP contribution in [0.5, 0.6) is 0 Å². The molecule has 0 spiro atoms. The Labute approximate surface area is 181 Å². The normalized spacial score (nSPS) is 11.3. The lowest BCUT2D eigenvalue weighted by Crippen LogP contribution is -2.21. The quantitative estimate of drug-likeness (QED) is 0.293. The number of esters is 1. The fraction of sp³-hybridized carbons (Fsp3) is 0.364. The number of nitrogens with one attached hydrogen (secondary N) is 1. The summed E-state index contributed by atoms with van der Waals surface area (Å²) in [5.41, 5.74) is 2.93. The largest absolute Gasteiger partial charge is 0.451 e. The number of anilines is 1. The Kier molecular flexibility index (Phi) is 8.19. The van der Waals surface area contributed by atoms with Gasteiger partial charge in [0.1, 0.15) is 11.6 Å². The van der Waals surface area contributed by atoms with E-state index in [1.54, 1.807) is 12.1 Å². The van der Waals surface area contributed by atoms with Gasteiger partial charge in [0, 0.05) is 24.1 Å². The number of halogens is 1. The SMILES string of the molecule is Cc1cc(/C=C(\C#N)C(=O)OCC(=O)Nc2cccnc2Cl)c(C)n1CCC(C)C. The number of hydrogen-bond acceptors (Lipinski definition) is 5. The molecule has 0 aliphatic carbocycles. The molecule has 7 nitrogen and oxygen atoms in total. The van der Waals surface area contributed by atoms with Gasteiger partial charge in [-0.3, -0.25) is 4.79 Å². The Hall–Kier alpha value is -3.11. The van der Waals surface area contributed by atoms with Gasteiger partial charge in [0.25, 0.3) is 5.91 Å². The molecule has 0 aliphatic heterocycles. The van der Waals surface area contributed by atoms with Crippen LogP contribution in [-0.4, -0.2) is 28.0 Å². The molecule has 2 heterocycles. The maximum atomic E-state index is 12.3. The summed E-state index contributed by atoms with van der Waals surface area (Å²) in [5, 5.41) is 12.0. The van der Waals surface area contributed by atoms with E-state index in [2.05, 4.69) is 28.7 Å². The van der Waals surface area contributed by atoms with E-state index in [1.807, 2.05) is 26.0 Å². The number of rotatable bonds is 8. The minimum Gasteiger partial charge on any atom is -0.451 e. The Morgan fingerprint density at radius 2 is 2.13 bits per heavy atom. The zero-order valence-corrected chi connectivity index (χ0v) is 18.3. The van der Waals surface area contributed by atoms with E-state index in [0.29, 0.717) is 11.6 Å². The third-order valence-corrected chi connectivity index (χ3v) is 4.85. The Bertz CT molecular complexity index is 1000. The van der Waals surface area contributed by atoms with E-state index >= 15 is 0 Å². The van der Waals surface area contributed by atoms with E-state index in [1.165, 1.54) is 12.3 Å². The van der Waals surface area contributed by atoms with Gasteiger partial charge < -0.3 is 14.6 Å². The van der Waals surface area contributed by atoms with Crippen LogP contribution in [0.1, 0.15) is 37.2 Å². The molecule has 0 radical (unpaired) electrons. The number of hydrogen-bond donors (Lipinski definition) is 1. The van der Waals surface area contributed by atoms with Crippen LogP contribution in [0, 0.1) is 31.1 Å². The lowest BCUT2D eigenvalue weighted by molar-refractivity contribution is -0.142. The molecule has 30 heavy (non-hydrogen) atoms. The Balaban J connectivity index is 2.05. The van der Waals surface area contributed by atoms with Crippen molar-refractivity contribution in [1.29, 1.82) is 5.26 Å². The number of amides is 1. The van der Waals surface area contributed by atoms with E-state index in [4.69, 9.17) is 16.3 Å². The maximum Gasteiger partial charge on any atom is 0.349 e. The molecule has 1 amide bonds. The van der Waals surface area contributed by atoms with E-state index in [0.717, 1.165) is 29.9 Å². The number of aromatic nitrogens is 2. The van der Waals surface area contributed by atoms with Gasteiger partial charge in [-0.2, -0.15) is 5.26 Å². The highest BCUT2D eigenvalue weighted by atomic mass is 35.5. The third kappa shape index (κ3) is 6.19. The van der Waals surface area contributed by atoms with Gasteiger partial charge in [0.15, 0.2) is 11.8 Å². The van der Waals surface area contributed by atoms with Crippen LogP contribution in [-0.2, 0) is 20.9 Å². The van der Waals surface area contributed by atoms with Crippen molar-refractivity contribution in [3.8, 4) is 6.07 Å². The second-order valence-corrected chi connectivity index (χ2v) is 7.65. The first-order valence-corrected chi connectivity index (χ1v) is 9.96. The van der Waals surface area contributed by atoms with Crippen molar-refractivity contribution in [3.05, 3.63) is 52.1 Å². The average molecular weight is 429 g/mol. The van der Waals surface area contributed by atoms with Gasteiger partial charge in [0.2, 0.25) is 0 Å². The maximum absolute atomic E-state index is 12.3. The van der Waals surface area contributed by atoms with Gasteiger partial charge in [-0.15, -0.1) is 0 Å². The molecule has 0 fully saturated rings. The third-order valence-electron chi connectivity index (χ3n) is 4.55. The first-order chi connectivity index (χ1) is 14.2. The highest BCUT2D eigenvalue weighted by Gasteiger charge is 2.16. The topological polar surface area (TPSA) is 97.0 Å². The fourth-order valence-corrected chi connectivity index (χ4v) is 3.04. The first-order valence-electron chi connectivity index (χ1n) is 9.59. The molecule has 2 aromatic heterocycles. The van der Waals surface area contributed by atoms with Gasteiger partial charge in [-0.1, -0.05) is 25.4 Å². The van der Waals surface area contributed by atoms with E-state index < -0.39 is 18.5 Å². The molecule has 0 atom stereocenters. The van der Waals surface area contributed by atoms with Gasteiger partial charge in [0.05, 0.1) is 5.69 Å². The summed E-state index contributed by atoms with van der Waals surface area (Å²) in [7, 11) is 0. The molecule has 8 heteroatoms. The number of carbonyl (C=O) groups excluding carboxylic acids is 2. The minimum absolute atomic E-state index is 0.127. The monoisotopic (exact) mass is 428 g/mol. The summed E-state index contributed by atoms with van der Waals surface area (Å²) >= 11 is 5.88. The number of aryl methyl sites for hydroxylation is 1. The van der Waals surface area contributed by atoms with Crippen molar-refractivity contribution in [1.82, 2.24) is 9.55 Å². The molecule has 1 N–H and O–H groups in total. The number of carbonyl (C=O) groups is 2. The standard InChI is InChI=1S/C22H25ClN4O3/c1-14(2)7-9-27-15(3)10-17(16(27)4)11-18(12-24)22(29)30-13-20(28)26-19-6-5-8-25-21(19)23/h5-6,8,10-11,14H,7,9,13H2,1-4H3,(H,26,28)/b18-11+. The second-order valence-electron chi connectivity index (χ2n) is 7.30. The molecule has 0 aromatic carbocycles. The Morgan fingerprint density at radius 3 is 2.77 bits per heavy atom. The van der Waals surface area contributed by atoms with Gasteiger partial charge in [-0.05, 0) is 56.0 Å². The lowest BCUT2D eigenvalue weighted by atomic mass is 10.1. The van der Waals surface area contributed by atoms with Gasteiger partial charge in [-0.25, -0.2) is 9.78 Å². The van der Waals surface area contributed by atoms with Crippen LogP contribution in [0.25, 0.3) is 6.08 Å². The summed E-state index contributed by atoms with van der Waals surface area (Å²) in [5.74, 6) is -0.873. The summed E-state index contributed by atoms with van der Waals surface area (Å²) in [4.78, 5) is 28.1. The van der Waals surface area contributed by atoms with Crippen LogP contribution >= 0.6 is 11.6 Å². The summed E-state index contributed by atoms with van der Waals surface area (Å²) in [6.07, 6.45) is 4.01. The van der Waals surface area contributed by atoms with E-state index in [9.17, 15) is 14.9 Å². The predicted octanol–water partition coefficient (Wildman–Crippen LogP) is 4.29. The van der Waals surface area contributed by atoms with Crippen LogP contribution < -0.4 is 5.32 Å². The van der Waals surface area contributed by atoms with Crippen LogP contribution in [0.15, 0.2) is 30.0 Å².